The third-order valence-electron chi connectivity index (χ3n) is 7.43. The molecule has 1 unspecified atom stereocenters. The minimum absolute atomic E-state index is 0.237. The van der Waals surface area contributed by atoms with Crippen molar-refractivity contribution in [2.75, 3.05) is 31.3 Å². The van der Waals surface area contributed by atoms with Crippen LogP contribution in [0.3, 0.4) is 0 Å². The molecule has 0 bridgehead atoms. The fraction of sp³-hybridized carbons (Fsp3) is 0.481. The maximum atomic E-state index is 14.0. The second-order valence-corrected chi connectivity index (χ2v) is 13.0. The van der Waals surface area contributed by atoms with Crippen LogP contribution in [0.25, 0.3) is 0 Å². The molecule has 0 aliphatic carbocycles. The van der Waals surface area contributed by atoms with Crippen LogP contribution in [0.15, 0.2) is 42.5 Å². The normalized spacial score (nSPS) is 19.3. The van der Waals surface area contributed by atoms with Gasteiger partial charge >= 0.3 is 0 Å². The van der Waals surface area contributed by atoms with Crippen LogP contribution in [0.4, 0.5) is 14.5 Å². The summed E-state index contributed by atoms with van der Waals surface area (Å²) >= 11 is 0. The van der Waals surface area contributed by atoms with E-state index in [1.807, 2.05) is 24.3 Å². The smallest absolute Gasteiger partial charge is 0.247 e. The van der Waals surface area contributed by atoms with Crippen LogP contribution >= 0.6 is 0 Å². The van der Waals surface area contributed by atoms with E-state index in [1.54, 1.807) is 4.90 Å². The molecule has 39 heavy (non-hydrogen) atoms. The zero-order valence-electron chi connectivity index (χ0n) is 22.2. The van der Waals surface area contributed by atoms with Crippen LogP contribution in [-0.2, 0) is 36.2 Å². The molecule has 4 rings (SSSR count). The SMILES string of the molecule is CC(C)(N)C(=O)NC(COCc1c(F)cccc1F)C(=O)N1CCC2(CC1)c1ccccc1N[C@@H]2S(C)(=O)=O. The Hall–Kier alpha value is -3.09. The summed E-state index contributed by atoms with van der Waals surface area (Å²) in [5, 5.41) is 4.93. The Morgan fingerprint density at radius 2 is 1.77 bits per heavy atom. The largest absolute Gasteiger partial charge is 0.374 e. The van der Waals surface area contributed by atoms with Crippen molar-refractivity contribution >= 4 is 27.3 Å². The number of nitrogens with one attached hydrogen (secondary N) is 2. The lowest BCUT2D eigenvalue weighted by Crippen LogP contribution is -2.60. The second-order valence-electron chi connectivity index (χ2n) is 10.8. The topological polar surface area (TPSA) is 131 Å². The average molecular weight is 565 g/mol. The monoisotopic (exact) mass is 564 g/mol. The lowest BCUT2D eigenvalue weighted by Gasteiger charge is -2.43. The molecule has 1 fully saturated rings. The first-order valence-corrected chi connectivity index (χ1v) is 14.6. The Balaban J connectivity index is 1.51. The Kier molecular flexibility index (Phi) is 8.02. The molecule has 9 nitrogen and oxygen atoms in total. The number of anilines is 1. The van der Waals surface area contributed by atoms with Crippen LogP contribution < -0.4 is 16.4 Å². The molecule has 0 radical (unpaired) electrons. The number of para-hydroxylation sites is 1. The van der Waals surface area contributed by atoms with Crippen LogP contribution in [0.2, 0.25) is 0 Å². The third kappa shape index (κ3) is 5.92. The van der Waals surface area contributed by atoms with Gasteiger partial charge in [-0.1, -0.05) is 24.3 Å². The van der Waals surface area contributed by atoms with Crippen molar-refractivity contribution in [3.05, 3.63) is 65.2 Å². The highest BCUT2D eigenvalue weighted by atomic mass is 32.2. The van der Waals surface area contributed by atoms with Gasteiger partial charge < -0.3 is 26.0 Å². The second kappa shape index (κ2) is 10.8. The van der Waals surface area contributed by atoms with Crippen LogP contribution in [0.5, 0.6) is 0 Å². The molecule has 1 spiro atoms. The predicted molar refractivity (Wildman–Crippen MR) is 142 cm³/mol. The zero-order chi connectivity index (χ0) is 28.6. The summed E-state index contributed by atoms with van der Waals surface area (Å²) in [7, 11) is -3.48. The van der Waals surface area contributed by atoms with Gasteiger partial charge in [0.2, 0.25) is 11.8 Å². The number of sulfone groups is 1. The van der Waals surface area contributed by atoms with Crippen molar-refractivity contribution in [1.82, 2.24) is 10.2 Å². The number of amides is 2. The number of benzene rings is 2. The van der Waals surface area contributed by atoms with Crippen molar-refractivity contribution in [2.45, 2.75) is 55.7 Å². The molecule has 0 saturated carbocycles. The minimum atomic E-state index is -3.48. The van der Waals surface area contributed by atoms with E-state index in [0.717, 1.165) is 23.4 Å². The molecule has 2 aliphatic heterocycles. The lowest BCUT2D eigenvalue weighted by molar-refractivity contribution is -0.140. The quantitative estimate of drug-likeness (QED) is 0.447. The minimum Gasteiger partial charge on any atom is -0.374 e. The maximum absolute atomic E-state index is 14.0. The summed E-state index contributed by atoms with van der Waals surface area (Å²) in [6, 6.07) is 9.73. The first-order valence-electron chi connectivity index (χ1n) is 12.7. The van der Waals surface area contributed by atoms with Gasteiger partial charge in [-0.25, -0.2) is 17.2 Å². The number of carbonyl (C=O) groups is 2. The number of fused-ring (bicyclic) bond motifs is 2. The Morgan fingerprint density at radius 3 is 2.36 bits per heavy atom. The fourth-order valence-electron chi connectivity index (χ4n) is 5.33. The van der Waals surface area contributed by atoms with Gasteiger partial charge in [0.15, 0.2) is 9.84 Å². The van der Waals surface area contributed by atoms with E-state index in [2.05, 4.69) is 10.6 Å². The molecule has 2 heterocycles. The molecular weight excluding hydrogens is 530 g/mol. The van der Waals surface area contributed by atoms with Gasteiger partial charge in [-0.2, -0.15) is 0 Å². The van der Waals surface area contributed by atoms with Crippen molar-refractivity contribution < 1.29 is 31.5 Å². The van der Waals surface area contributed by atoms with Gasteiger partial charge in [-0.15, -0.1) is 0 Å². The number of ether oxygens (including phenoxy) is 1. The van der Waals surface area contributed by atoms with E-state index in [4.69, 9.17) is 10.5 Å². The standard InChI is InChI=1S/C27H34F2N4O5S/c1-26(2,30)24(35)31-22(16-38-15-17-19(28)8-6-9-20(17)29)23(34)33-13-11-27(12-14-33)18-7-4-5-10-21(18)32-25(27)39(3,36)37/h4-10,22,25,32H,11-16,30H2,1-3H3,(H,31,35)/t22?,25-/m1/s1. The number of halogens is 2. The van der Waals surface area contributed by atoms with Crippen molar-refractivity contribution in [3.8, 4) is 0 Å². The summed E-state index contributed by atoms with van der Waals surface area (Å²) in [6.07, 6.45) is 1.96. The highest BCUT2D eigenvalue weighted by Gasteiger charge is 2.53. The van der Waals surface area contributed by atoms with Gasteiger partial charge in [0.25, 0.3) is 0 Å². The molecule has 2 amide bonds. The molecule has 4 N–H and O–H groups in total. The van der Waals surface area contributed by atoms with E-state index >= 15 is 0 Å². The van der Waals surface area contributed by atoms with E-state index in [9.17, 15) is 26.8 Å². The fourth-order valence-corrected chi connectivity index (χ4v) is 6.85. The third-order valence-corrected chi connectivity index (χ3v) is 8.85. The number of nitrogens with two attached hydrogens (primary N) is 1. The maximum Gasteiger partial charge on any atom is 0.247 e. The predicted octanol–water partition coefficient (Wildman–Crippen LogP) is 2.06. The number of rotatable bonds is 8. The van der Waals surface area contributed by atoms with E-state index in [0.29, 0.717) is 12.8 Å². The number of nitrogens with zero attached hydrogens (tertiary/aromatic N) is 1. The van der Waals surface area contributed by atoms with Crippen molar-refractivity contribution in [1.29, 1.82) is 0 Å². The van der Waals surface area contributed by atoms with E-state index in [-0.39, 0.29) is 25.3 Å². The zero-order valence-corrected chi connectivity index (χ0v) is 23.0. The van der Waals surface area contributed by atoms with Gasteiger partial charge in [-0.05, 0) is 50.5 Å². The Morgan fingerprint density at radius 1 is 1.15 bits per heavy atom. The van der Waals surface area contributed by atoms with Crippen molar-refractivity contribution in [2.24, 2.45) is 5.73 Å². The summed E-state index contributed by atoms with van der Waals surface area (Å²) in [5.41, 5.74) is 5.28. The number of hydrogen-bond donors (Lipinski definition) is 3. The molecule has 2 aromatic rings. The number of likely N-dealkylation sites (tertiary alicyclic amines) is 1. The molecule has 212 valence electrons. The molecule has 1 saturated heterocycles. The Bertz CT molecular complexity index is 1330. The first kappa shape index (κ1) is 28.9. The van der Waals surface area contributed by atoms with Gasteiger partial charge in [0, 0.05) is 36.0 Å². The highest BCUT2D eigenvalue weighted by molar-refractivity contribution is 7.91. The summed E-state index contributed by atoms with van der Waals surface area (Å²) in [5.74, 6) is -2.61. The van der Waals surface area contributed by atoms with Gasteiger partial charge in [0.1, 0.15) is 23.1 Å². The summed E-state index contributed by atoms with van der Waals surface area (Å²) < 4.78 is 59.0. The van der Waals surface area contributed by atoms with E-state index < -0.39 is 62.3 Å². The molecular formula is C27H34F2N4O5S. The molecule has 2 atom stereocenters. The van der Waals surface area contributed by atoms with Crippen LogP contribution in [-0.4, -0.2) is 68.0 Å². The average Bonchev–Trinajstić information content (AvgIpc) is 3.19. The first-order chi connectivity index (χ1) is 18.2. The molecule has 2 aromatic carbocycles. The van der Waals surface area contributed by atoms with Crippen molar-refractivity contribution in [3.63, 3.8) is 0 Å². The lowest BCUT2D eigenvalue weighted by atomic mass is 9.74. The number of carbonyl (C=O) groups excluding carboxylic acids is 2. The van der Waals surface area contributed by atoms with Crippen LogP contribution in [0.1, 0.15) is 37.8 Å². The molecule has 2 aliphatic rings. The Labute approximate surface area is 227 Å². The summed E-state index contributed by atoms with van der Waals surface area (Å²) in [6.45, 7) is 2.67. The highest BCUT2D eigenvalue weighted by Crippen LogP contribution is 2.49. The number of hydrogen-bond acceptors (Lipinski definition) is 7. The van der Waals surface area contributed by atoms with E-state index in [1.165, 1.54) is 26.2 Å². The molecule has 0 aromatic heterocycles. The molecule has 12 heteroatoms. The van der Waals surface area contributed by atoms with Gasteiger partial charge in [0.05, 0.1) is 18.8 Å². The number of piperidine rings is 1. The van der Waals surface area contributed by atoms with Gasteiger partial charge in [-0.3, -0.25) is 9.59 Å². The van der Waals surface area contributed by atoms with Crippen LogP contribution in [0, 0.1) is 11.6 Å². The summed E-state index contributed by atoms with van der Waals surface area (Å²) in [4.78, 5) is 27.8.